The van der Waals surface area contributed by atoms with E-state index in [1.807, 2.05) is 24.3 Å². The number of hydrogen-bond donors (Lipinski definition) is 2. The number of carboxylic acids is 1. The lowest BCUT2D eigenvalue weighted by Crippen LogP contribution is -2.42. The van der Waals surface area contributed by atoms with Crippen LogP contribution in [0.3, 0.4) is 0 Å². The molecule has 1 aliphatic heterocycles. The van der Waals surface area contributed by atoms with Gasteiger partial charge < -0.3 is 10.8 Å². The summed E-state index contributed by atoms with van der Waals surface area (Å²) in [7, 11) is 0. The molecule has 1 aromatic carbocycles. The van der Waals surface area contributed by atoms with Crippen molar-refractivity contribution in [3.8, 4) is 0 Å². The molecule has 0 aliphatic carbocycles. The number of aliphatic carboxylic acids is 1. The van der Waals surface area contributed by atoms with Crippen LogP contribution in [0.5, 0.6) is 0 Å². The summed E-state index contributed by atoms with van der Waals surface area (Å²) >= 11 is 0. The second-order valence-electron chi connectivity index (χ2n) is 5.84. The molecule has 20 heavy (non-hydrogen) atoms. The quantitative estimate of drug-likeness (QED) is 0.861. The first-order valence-electron chi connectivity index (χ1n) is 7.32. The minimum absolute atomic E-state index is 0.0979. The van der Waals surface area contributed by atoms with E-state index in [1.54, 1.807) is 0 Å². The molecule has 1 saturated heterocycles. The van der Waals surface area contributed by atoms with Gasteiger partial charge in [0.15, 0.2) is 0 Å². The van der Waals surface area contributed by atoms with Crippen molar-refractivity contribution >= 4 is 5.97 Å². The molecule has 110 valence electrons. The van der Waals surface area contributed by atoms with Crippen molar-refractivity contribution in [2.45, 2.75) is 38.8 Å². The van der Waals surface area contributed by atoms with Crippen molar-refractivity contribution in [2.24, 2.45) is 11.7 Å². The topological polar surface area (TPSA) is 66.6 Å². The Kier molecular flexibility index (Phi) is 5.15. The van der Waals surface area contributed by atoms with Gasteiger partial charge in [-0.1, -0.05) is 24.3 Å². The molecular weight excluding hydrogens is 252 g/mol. The Morgan fingerprint density at radius 1 is 1.45 bits per heavy atom. The SMILES string of the molecule is CC(N)C1CCCN(Cc2ccccc2CC(=O)O)C1. The lowest BCUT2D eigenvalue weighted by atomic mass is 9.91. The van der Waals surface area contributed by atoms with Crippen LogP contribution in [0.1, 0.15) is 30.9 Å². The third-order valence-electron chi connectivity index (χ3n) is 4.14. The highest BCUT2D eigenvalue weighted by Crippen LogP contribution is 2.21. The van der Waals surface area contributed by atoms with Crippen molar-refractivity contribution in [1.29, 1.82) is 0 Å². The van der Waals surface area contributed by atoms with Gasteiger partial charge in [0.05, 0.1) is 6.42 Å². The average molecular weight is 276 g/mol. The van der Waals surface area contributed by atoms with Crippen LogP contribution in [0.15, 0.2) is 24.3 Å². The fourth-order valence-electron chi connectivity index (χ4n) is 2.95. The molecule has 1 fully saturated rings. The molecule has 4 nitrogen and oxygen atoms in total. The van der Waals surface area contributed by atoms with Gasteiger partial charge >= 0.3 is 5.97 Å². The molecule has 2 unspecified atom stereocenters. The summed E-state index contributed by atoms with van der Waals surface area (Å²) in [6, 6.07) is 8.06. The van der Waals surface area contributed by atoms with Gasteiger partial charge in [0.2, 0.25) is 0 Å². The lowest BCUT2D eigenvalue weighted by Gasteiger charge is -2.35. The van der Waals surface area contributed by atoms with Crippen LogP contribution in [-0.2, 0) is 17.8 Å². The summed E-state index contributed by atoms with van der Waals surface area (Å²) in [5, 5.41) is 8.98. The molecule has 0 saturated carbocycles. The van der Waals surface area contributed by atoms with Crippen LogP contribution >= 0.6 is 0 Å². The highest BCUT2D eigenvalue weighted by atomic mass is 16.4. The van der Waals surface area contributed by atoms with Crippen LogP contribution in [0, 0.1) is 5.92 Å². The summed E-state index contributed by atoms with van der Waals surface area (Å²) in [6.07, 6.45) is 2.47. The molecular formula is C16H24N2O2. The summed E-state index contributed by atoms with van der Waals surface area (Å²) in [5.74, 6) is -0.222. The predicted octanol–water partition coefficient (Wildman–Crippen LogP) is 1.87. The molecule has 3 N–H and O–H groups in total. The molecule has 2 atom stereocenters. The molecule has 0 amide bonds. The van der Waals surface area contributed by atoms with Crippen LogP contribution in [0.25, 0.3) is 0 Å². The third kappa shape index (κ3) is 4.05. The molecule has 1 heterocycles. The van der Waals surface area contributed by atoms with Crippen LogP contribution < -0.4 is 5.73 Å². The second-order valence-corrected chi connectivity index (χ2v) is 5.84. The van der Waals surface area contributed by atoms with Crippen molar-refractivity contribution in [3.63, 3.8) is 0 Å². The zero-order valence-electron chi connectivity index (χ0n) is 12.1. The Morgan fingerprint density at radius 3 is 2.80 bits per heavy atom. The van der Waals surface area contributed by atoms with E-state index in [0.29, 0.717) is 5.92 Å². The summed E-state index contributed by atoms with van der Waals surface area (Å²) < 4.78 is 0. The Morgan fingerprint density at radius 2 is 2.15 bits per heavy atom. The van der Waals surface area contributed by atoms with Crippen molar-refractivity contribution in [2.75, 3.05) is 13.1 Å². The zero-order chi connectivity index (χ0) is 14.5. The first-order valence-corrected chi connectivity index (χ1v) is 7.32. The maximum Gasteiger partial charge on any atom is 0.307 e. The van der Waals surface area contributed by atoms with Gasteiger partial charge in [-0.05, 0) is 43.4 Å². The lowest BCUT2D eigenvalue weighted by molar-refractivity contribution is -0.136. The van der Waals surface area contributed by atoms with Gasteiger partial charge in [0, 0.05) is 19.1 Å². The number of hydrogen-bond acceptors (Lipinski definition) is 3. The third-order valence-corrected chi connectivity index (χ3v) is 4.14. The van der Waals surface area contributed by atoms with Gasteiger partial charge in [0.1, 0.15) is 0 Å². The van der Waals surface area contributed by atoms with Gasteiger partial charge in [-0.15, -0.1) is 0 Å². The number of carboxylic acid groups (broad SMARTS) is 1. The second kappa shape index (κ2) is 6.86. The zero-order valence-corrected chi connectivity index (χ0v) is 12.1. The number of likely N-dealkylation sites (tertiary alicyclic amines) is 1. The maximum absolute atomic E-state index is 10.9. The number of nitrogens with zero attached hydrogens (tertiary/aromatic N) is 1. The standard InChI is InChI=1S/C16H24N2O2/c1-12(17)14-7-4-8-18(10-14)11-15-6-3-2-5-13(15)9-16(19)20/h2-3,5-6,12,14H,4,7-11,17H2,1H3,(H,19,20). The average Bonchev–Trinajstić information content (AvgIpc) is 2.41. The largest absolute Gasteiger partial charge is 0.481 e. The Labute approximate surface area is 120 Å². The van der Waals surface area contributed by atoms with Crippen LogP contribution in [0.2, 0.25) is 0 Å². The minimum atomic E-state index is -0.774. The van der Waals surface area contributed by atoms with Crippen molar-refractivity contribution in [1.82, 2.24) is 4.90 Å². The van der Waals surface area contributed by atoms with Crippen molar-refractivity contribution in [3.05, 3.63) is 35.4 Å². The number of piperidine rings is 1. The first-order chi connectivity index (χ1) is 9.56. The molecule has 0 aromatic heterocycles. The molecule has 1 aliphatic rings. The van der Waals surface area contributed by atoms with E-state index < -0.39 is 5.97 Å². The maximum atomic E-state index is 10.9. The summed E-state index contributed by atoms with van der Waals surface area (Å²) in [4.78, 5) is 13.3. The number of nitrogens with two attached hydrogens (primary N) is 1. The van der Waals surface area contributed by atoms with Crippen LogP contribution in [-0.4, -0.2) is 35.1 Å². The molecule has 4 heteroatoms. The Balaban J connectivity index is 2.04. The van der Waals surface area contributed by atoms with Crippen LogP contribution in [0.4, 0.5) is 0 Å². The fourth-order valence-corrected chi connectivity index (χ4v) is 2.95. The smallest absolute Gasteiger partial charge is 0.307 e. The summed E-state index contributed by atoms with van der Waals surface area (Å²) in [6.45, 7) is 4.99. The number of rotatable bonds is 5. The van der Waals surface area contributed by atoms with E-state index in [0.717, 1.165) is 30.8 Å². The fraction of sp³-hybridized carbons (Fsp3) is 0.562. The monoisotopic (exact) mass is 276 g/mol. The normalized spacial score (nSPS) is 21.6. The molecule has 0 radical (unpaired) electrons. The van der Waals surface area contributed by atoms with E-state index in [-0.39, 0.29) is 12.5 Å². The van der Waals surface area contributed by atoms with E-state index in [9.17, 15) is 4.79 Å². The van der Waals surface area contributed by atoms with Gasteiger partial charge in [0.25, 0.3) is 0 Å². The molecule has 2 rings (SSSR count). The van der Waals surface area contributed by atoms with E-state index in [2.05, 4.69) is 11.8 Å². The number of benzene rings is 1. The minimum Gasteiger partial charge on any atom is -0.481 e. The van der Waals surface area contributed by atoms with Crippen molar-refractivity contribution < 1.29 is 9.90 Å². The Hall–Kier alpha value is -1.39. The summed E-state index contributed by atoms with van der Waals surface area (Å²) in [5.41, 5.74) is 8.06. The Bertz CT molecular complexity index is 460. The first kappa shape index (κ1) is 15.0. The van der Waals surface area contributed by atoms with E-state index in [4.69, 9.17) is 10.8 Å². The van der Waals surface area contributed by atoms with Gasteiger partial charge in [-0.2, -0.15) is 0 Å². The molecule has 0 bridgehead atoms. The molecule has 0 spiro atoms. The van der Waals surface area contributed by atoms with Gasteiger partial charge in [-0.3, -0.25) is 9.69 Å². The van der Waals surface area contributed by atoms with Gasteiger partial charge in [-0.25, -0.2) is 0 Å². The number of carbonyl (C=O) groups is 1. The highest BCUT2D eigenvalue weighted by Gasteiger charge is 2.23. The highest BCUT2D eigenvalue weighted by molar-refractivity contribution is 5.70. The van der Waals surface area contributed by atoms with E-state index in [1.165, 1.54) is 12.8 Å². The predicted molar refractivity (Wildman–Crippen MR) is 79.4 cm³/mol. The van der Waals surface area contributed by atoms with E-state index >= 15 is 0 Å². The molecule has 1 aromatic rings.